The van der Waals surface area contributed by atoms with Gasteiger partial charge in [0.05, 0.1) is 28.9 Å². The molecule has 0 radical (unpaired) electrons. The average Bonchev–Trinajstić information content (AvgIpc) is 3.16. The standard InChI is InChI=1S/C29H34N4O4S/c1-20(2)38(36,37)30-18-25(17-23-13-9-21(3)10-14-23)33-27-8-6-5-7-26(27)32(28(33)31-29(34)35)19-24-15-11-22(4)12-16-24/h5-16,20,25,30H,17-19H2,1-4H3,(H,34,35)/b31-28-. The molecule has 38 heavy (non-hydrogen) atoms. The zero-order valence-corrected chi connectivity index (χ0v) is 22.9. The van der Waals surface area contributed by atoms with Gasteiger partial charge in [-0.3, -0.25) is 0 Å². The Bertz CT molecular complexity index is 1600. The minimum atomic E-state index is -3.55. The van der Waals surface area contributed by atoms with Crippen LogP contribution in [0.3, 0.4) is 0 Å². The van der Waals surface area contributed by atoms with E-state index in [2.05, 4.69) is 9.71 Å². The number of nitrogens with zero attached hydrogens (tertiary/aromatic N) is 3. The largest absolute Gasteiger partial charge is 0.463 e. The Labute approximate surface area is 223 Å². The highest BCUT2D eigenvalue weighted by molar-refractivity contribution is 7.90. The molecule has 1 heterocycles. The zero-order chi connectivity index (χ0) is 27.4. The Morgan fingerprint density at radius 2 is 1.45 bits per heavy atom. The molecule has 0 spiro atoms. The summed E-state index contributed by atoms with van der Waals surface area (Å²) in [6.45, 7) is 7.78. The number of aryl methyl sites for hydroxylation is 2. The van der Waals surface area contributed by atoms with Gasteiger partial charge in [-0.1, -0.05) is 71.8 Å². The predicted molar refractivity (Wildman–Crippen MR) is 150 cm³/mol. The van der Waals surface area contributed by atoms with Gasteiger partial charge in [-0.2, -0.15) is 0 Å². The topological polar surface area (TPSA) is 106 Å². The molecule has 0 aliphatic heterocycles. The number of carbonyl (C=O) groups is 1. The van der Waals surface area contributed by atoms with Crippen molar-refractivity contribution in [3.63, 3.8) is 0 Å². The fourth-order valence-corrected chi connectivity index (χ4v) is 5.22. The highest BCUT2D eigenvalue weighted by atomic mass is 32.2. The van der Waals surface area contributed by atoms with Gasteiger partial charge >= 0.3 is 6.09 Å². The Morgan fingerprint density at radius 3 is 2.00 bits per heavy atom. The number of hydrogen-bond acceptors (Lipinski definition) is 3. The van der Waals surface area contributed by atoms with Gasteiger partial charge in [0.1, 0.15) is 0 Å². The lowest BCUT2D eigenvalue weighted by atomic mass is 10.0. The summed E-state index contributed by atoms with van der Waals surface area (Å²) in [5.41, 5.74) is 6.10. The summed E-state index contributed by atoms with van der Waals surface area (Å²) in [6.07, 6.45) is -0.838. The van der Waals surface area contributed by atoms with Crippen LogP contribution in [0.1, 0.15) is 42.1 Å². The van der Waals surface area contributed by atoms with E-state index in [4.69, 9.17) is 0 Å². The fourth-order valence-electron chi connectivity index (χ4n) is 4.46. The first kappa shape index (κ1) is 27.3. The van der Waals surface area contributed by atoms with Gasteiger partial charge in [-0.05, 0) is 57.4 Å². The quantitative estimate of drug-likeness (QED) is 0.322. The van der Waals surface area contributed by atoms with E-state index in [0.29, 0.717) is 13.0 Å². The van der Waals surface area contributed by atoms with Gasteiger partial charge in [0, 0.05) is 6.54 Å². The van der Waals surface area contributed by atoms with E-state index in [0.717, 1.165) is 33.3 Å². The average molecular weight is 535 g/mol. The van der Waals surface area contributed by atoms with Crippen molar-refractivity contribution in [3.05, 3.63) is 101 Å². The molecule has 1 unspecified atom stereocenters. The normalized spacial score (nSPS) is 13.3. The summed E-state index contributed by atoms with van der Waals surface area (Å²) in [4.78, 5) is 16.0. The maximum atomic E-state index is 12.7. The first-order chi connectivity index (χ1) is 18.0. The second kappa shape index (κ2) is 11.4. The highest BCUT2D eigenvalue weighted by Gasteiger charge is 2.24. The fraction of sp³-hybridized carbons (Fsp3) is 0.310. The molecule has 0 aliphatic rings. The minimum absolute atomic E-state index is 0.0831. The second-order valence-electron chi connectivity index (χ2n) is 9.91. The van der Waals surface area contributed by atoms with Crippen LogP contribution < -0.4 is 10.3 Å². The van der Waals surface area contributed by atoms with Crippen molar-refractivity contribution in [2.24, 2.45) is 4.99 Å². The van der Waals surface area contributed by atoms with Crippen molar-refractivity contribution in [2.75, 3.05) is 6.54 Å². The number of para-hydroxylation sites is 2. The Morgan fingerprint density at radius 1 is 0.895 bits per heavy atom. The van der Waals surface area contributed by atoms with E-state index in [-0.39, 0.29) is 12.2 Å². The van der Waals surface area contributed by atoms with Crippen molar-refractivity contribution in [1.82, 2.24) is 13.9 Å². The number of amides is 1. The second-order valence-corrected chi connectivity index (χ2v) is 12.2. The molecule has 200 valence electrons. The summed E-state index contributed by atoms with van der Waals surface area (Å²) in [6, 6.07) is 23.3. The van der Waals surface area contributed by atoms with Crippen molar-refractivity contribution in [3.8, 4) is 0 Å². The number of hydrogen-bond donors (Lipinski definition) is 2. The summed E-state index contributed by atoms with van der Waals surface area (Å²) in [5.74, 6) is 0. The van der Waals surface area contributed by atoms with E-state index in [1.165, 1.54) is 0 Å². The number of carboxylic acid groups (broad SMARTS) is 1. The first-order valence-corrected chi connectivity index (χ1v) is 14.2. The third-order valence-electron chi connectivity index (χ3n) is 6.64. The van der Waals surface area contributed by atoms with Crippen molar-refractivity contribution < 1.29 is 18.3 Å². The van der Waals surface area contributed by atoms with Crippen LogP contribution in [0, 0.1) is 13.8 Å². The number of sulfonamides is 1. The van der Waals surface area contributed by atoms with Crippen LogP contribution in [0.15, 0.2) is 77.8 Å². The number of benzene rings is 3. The van der Waals surface area contributed by atoms with E-state index in [1.54, 1.807) is 13.8 Å². The molecule has 1 aromatic heterocycles. The number of rotatable bonds is 9. The van der Waals surface area contributed by atoms with Gasteiger partial charge in [0.15, 0.2) is 0 Å². The smallest absolute Gasteiger partial charge is 0.434 e. The van der Waals surface area contributed by atoms with Crippen molar-refractivity contribution in [1.29, 1.82) is 0 Å². The third-order valence-corrected chi connectivity index (χ3v) is 8.45. The molecule has 9 heteroatoms. The van der Waals surface area contributed by atoms with E-state index in [1.807, 2.05) is 95.8 Å². The van der Waals surface area contributed by atoms with Crippen LogP contribution in [0.25, 0.3) is 11.0 Å². The molecule has 3 aromatic carbocycles. The lowest BCUT2D eigenvalue weighted by Gasteiger charge is -2.22. The number of imidazole rings is 1. The van der Waals surface area contributed by atoms with Crippen LogP contribution in [0.2, 0.25) is 0 Å². The van der Waals surface area contributed by atoms with Crippen molar-refractivity contribution >= 4 is 27.1 Å². The molecule has 0 bridgehead atoms. The van der Waals surface area contributed by atoms with Crippen molar-refractivity contribution in [2.45, 2.75) is 52.0 Å². The number of fused-ring (bicyclic) bond motifs is 1. The summed E-state index contributed by atoms with van der Waals surface area (Å²) < 4.78 is 31.9. The Hall–Kier alpha value is -3.69. The molecule has 2 N–H and O–H groups in total. The van der Waals surface area contributed by atoms with Gasteiger partial charge in [-0.25, -0.2) is 17.9 Å². The van der Waals surface area contributed by atoms with E-state index in [9.17, 15) is 18.3 Å². The highest BCUT2D eigenvalue weighted by Crippen LogP contribution is 2.22. The summed E-state index contributed by atoms with van der Waals surface area (Å²) in [7, 11) is -3.55. The van der Waals surface area contributed by atoms with Gasteiger partial charge < -0.3 is 14.2 Å². The molecule has 0 saturated carbocycles. The molecule has 0 aliphatic carbocycles. The minimum Gasteiger partial charge on any atom is -0.463 e. The maximum Gasteiger partial charge on any atom is 0.434 e. The zero-order valence-electron chi connectivity index (χ0n) is 22.1. The van der Waals surface area contributed by atoms with E-state index < -0.39 is 27.4 Å². The van der Waals surface area contributed by atoms with Crippen LogP contribution in [0.5, 0.6) is 0 Å². The predicted octanol–water partition coefficient (Wildman–Crippen LogP) is 4.80. The molecule has 0 saturated heterocycles. The molecule has 4 rings (SSSR count). The maximum absolute atomic E-state index is 12.7. The molecular weight excluding hydrogens is 500 g/mol. The molecule has 4 aromatic rings. The molecule has 1 amide bonds. The Balaban J connectivity index is 1.92. The first-order valence-electron chi connectivity index (χ1n) is 12.6. The van der Waals surface area contributed by atoms with Crippen LogP contribution in [-0.2, 0) is 23.0 Å². The third kappa shape index (κ3) is 6.23. The number of aromatic nitrogens is 2. The summed E-state index contributed by atoms with van der Waals surface area (Å²) >= 11 is 0. The monoisotopic (exact) mass is 534 g/mol. The lowest BCUT2D eigenvalue weighted by molar-refractivity contribution is 0.204. The lowest BCUT2D eigenvalue weighted by Crippen LogP contribution is -2.39. The Kier molecular flexibility index (Phi) is 8.18. The SMILES string of the molecule is Cc1ccc(CC(CNS(=O)(=O)C(C)C)n2/c(=N\C(=O)O)n(Cc3ccc(C)cc3)c3ccccc32)cc1. The van der Waals surface area contributed by atoms with E-state index >= 15 is 0 Å². The van der Waals surface area contributed by atoms with Gasteiger partial charge in [-0.15, -0.1) is 4.99 Å². The molecular formula is C29H34N4O4S. The molecule has 1 atom stereocenters. The molecule has 8 nitrogen and oxygen atoms in total. The summed E-state index contributed by atoms with van der Waals surface area (Å²) in [5, 5.41) is 9.17. The van der Waals surface area contributed by atoms with Gasteiger partial charge in [0.2, 0.25) is 15.6 Å². The molecule has 0 fully saturated rings. The number of nitrogens with one attached hydrogen (secondary N) is 1. The van der Waals surface area contributed by atoms with Crippen LogP contribution in [-0.4, -0.2) is 40.5 Å². The van der Waals surface area contributed by atoms with Crippen LogP contribution in [0.4, 0.5) is 4.79 Å². The van der Waals surface area contributed by atoms with Gasteiger partial charge in [0.25, 0.3) is 0 Å². The van der Waals surface area contributed by atoms with Crippen LogP contribution >= 0.6 is 0 Å².